The third-order valence-corrected chi connectivity index (χ3v) is 3.60. The van der Waals surface area contributed by atoms with Crippen LogP contribution in [0.5, 0.6) is 0 Å². The highest BCUT2D eigenvalue weighted by atomic mass is 16.4. The number of carbonyl (C=O) groups is 3. The monoisotopic (exact) mass is 307 g/mol. The van der Waals surface area contributed by atoms with E-state index >= 15 is 0 Å². The summed E-state index contributed by atoms with van der Waals surface area (Å²) >= 11 is 0. The molecule has 0 atom stereocenters. The molecule has 0 spiro atoms. The summed E-state index contributed by atoms with van der Waals surface area (Å²) in [5, 5.41) is 11.6. The minimum Gasteiger partial charge on any atom is -0.478 e. The fraction of sp³-hybridized carbons (Fsp3) is 0.0556. The van der Waals surface area contributed by atoms with Crippen molar-refractivity contribution in [3.05, 3.63) is 70.8 Å². The lowest BCUT2D eigenvalue weighted by Gasteiger charge is -2.01. The van der Waals surface area contributed by atoms with Crippen LogP contribution in [0.15, 0.2) is 48.5 Å². The normalized spacial score (nSPS) is 13.0. The molecule has 0 saturated heterocycles. The molecule has 2 aromatic rings. The smallest absolute Gasteiger partial charge is 0.335 e. The van der Waals surface area contributed by atoms with Gasteiger partial charge in [-0.1, -0.05) is 18.2 Å². The van der Waals surface area contributed by atoms with Crippen molar-refractivity contribution >= 4 is 29.4 Å². The molecule has 0 bridgehead atoms. The van der Waals surface area contributed by atoms with E-state index in [0.29, 0.717) is 5.56 Å². The Bertz CT molecular complexity index is 835. The van der Waals surface area contributed by atoms with Crippen LogP contribution in [0.1, 0.15) is 31.8 Å². The number of amides is 1. The number of fused-ring (bicyclic) bond motifs is 1. The Morgan fingerprint density at radius 2 is 1.74 bits per heavy atom. The molecule has 2 aromatic carbocycles. The van der Waals surface area contributed by atoms with Gasteiger partial charge >= 0.3 is 5.97 Å². The van der Waals surface area contributed by atoms with Crippen molar-refractivity contribution in [2.75, 3.05) is 5.32 Å². The number of ketones is 1. The molecule has 0 saturated carbocycles. The maximum Gasteiger partial charge on any atom is 0.335 e. The molecule has 3 rings (SSSR count). The van der Waals surface area contributed by atoms with Gasteiger partial charge in [0.2, 0.25) is 5.91 Å². The highest BCUT2D eigenvalue weighted by molar-refractivity contribution is 6.08. The zero-order valence-corrected chi connectivity index (χ0v) is 12.1. The van der Waals surface area contributed by atoms with Crippen molar-refractivity contribution in [2.45, 2.75) is 6.42 Å². The maximum absolute atomic E-state index is 12.2. The van der Waals surface area contributed by atoms with Crippen molar-refractivity contribution in [2.24, 2.45) is 0 Å². The molecule has 1 amide bonds. The second kappa shape index (κ2) is 5.88. The fourth-order valence-corrected chi connectivity index (χ4v) is 2.39. The molecule has 0 aliphatic carbocycles. The molecule has 23 heavy (non-hydrogen) atoms. The van der Waals surface area contributed by atoms with Crippen molar-refractivity contribution < 1.29 is 19.5 Å². The molecule has 0 fully saturated rings. The highest BCUT2D eigenvalue weighted by Crippen LogP contribution is 2.24. The number of benzene rings is 2. The topological polar surface area (TPSA) is 83.5 Å². The van der Waals surface area contributed by atoms with Gasteiger partial charge in [-0.25, -0.2) is 4.79 Å². The van der Waals surface area contributed by atoms with Gasteiger partial charge in [0.05, 0.1) is 12.0 Å². The third-order valence-electron chi connectivity index (χ3n) is 3.60. The molecule has 5 heteroatoms. The summed E-state index contributed by atoms with van der Waals surface area (Å²) in [7, 11) is 0. The van der Waals surface area contributed by atoms with E-state index in [9.17, 15) is 14.4 Å². The van der Waals surface area contributed by atoms with E-state index in [1.807, 2.05) is 0 Å². The first-order valence-electron chi connectivity index (χ1n) is 7.01. The van der Waals surface area contributed by atoms with Crippen LogP contribution in [0.4, 0.5) is 5.69 Å². The van der Waals surface area contributed by atoms with Crippen LogP contribution in [-0.4, -0.2) is 22.8 Å². The van der Waals surface area contributed by atoms with Crippen molar-refractivity contribution in [3.8, 4) is 0 Å². The number of anilines is 1. The molecule has 114 valence electrons. The lowest BCUT2D eigenvalue weighted by Crippen LogP contribution is -2.03. The van der Waals surface area contributed by atoms with E-state index in [2.05, 4.69) is 5.32 Å². The molecular formula is C18H13NO4. The van der Waals surface area contributed by atoms with Gasteiger partial charge in [0, 0.05) is 11.3 Å². The predicted molar refractivity (Wildman–Crippen MR) is 85.5 cm³/mol. The van der Waals surface area contributed by atoms with E-state index in [0.717, 1.165) is 16.8 Å². The van der Waals surface area contributed by atoms with Crippen LogP contribution in [-0.2, 0) is 11.2 Å². The minimum atomic E-state index is -0.988. The van der Waals surface area contributed by atoms with Gasteiger partial charge in [-0.15, -0.1) is 0 Å². The largest absolute Gasteiger partial charge is 0.478 e. The first-order chi connectivity index (χ1) is 11.0. The summed E-state index contributed by atoms with van der Waals surface area (Å²) in [5.41, 5.74) is 3.02. The SMILES string of the molecule is O=C1Cc2cc(C(=O)C=Cc3ccc(C(=O)O)cc3)ccc2N1. The fourth-order valence-electron chi connectivity index (χ4n) is 2.39. The summed E-state index contributed by atoms with van der Waals surface area (Å²) < 4.78 is 0. The molecule has 1 aliphatic rings. The summed E-state index contributed by atoms with van der Waals surface area (Å²) in [6, 6.07) is 11.4. The molecule has 2 N–H and O–H groups in total. The number of carboxylic acid groups (broad SMARTS) is 1. The molecule has 0 radical (unpaired) electrons. The second-order valence-corrected chi connectivity index (χ2v) is 5.22. The first kappa shape index (κ1) is 14.7. The number of carbonyl (C=O) groups excluding carboxylic acids is 2. The van der Waals surface area contributed by atoms with Gasteiger partial charge in [0.25, 0.3) is 0 Å². The molecular weight excluding hydrogens is 294 g/mol. The zero-order chi connectivity index (χ0) is 16.4. The predicted octanol–water partition coefficient (Wildman–Crippen LogP) is 2.78. The third kappa shape index (κ3) is 3.18. The van der Waals surface area contributed by atoms with E-state index in [4.69, 9.17) is 5.11 Å². The Kier molecular flexibility index (Phi) is 3.76. The van der Waals surface area contributed by atoms with Gasteiger partial charge in [-0.05, 0) is 47.5 Å². The number of nitrogens with one attached hydrogen (secondary N) is 1. The number of hydrogen-bond donors (Lipinski definition) is 2. The summed E-state index contributed by atoms with van der Waals surface area (Å²) in [4.78, 5) is 34.3. The zero-order valence-electron chi connectivity index (χ0n) is 12.1. The van der Waals surface area contributed by atoms with Crippen LogP contribution in [0.3, 0.4) is 0 Å². The Balaban J connectivity index is 1.75. The van der Waals surface area contributed by atoms with Crippen molar-refractivity contribution in [1.29, 1.82) is 0 Å². The van der Waals surface area contributed by atoms with Crippen LogP contribution in [0.2, 0.25) is 0 Å². The Labute approximate surface area is 132 Å². The average Bonchev–Trinajstić information content (AvgIpc) is 2.92. The van der Waals surface area contributed by atoms with Gasteiger partial charge in [0.15, 0.2) is 5.78 Å². The van der Waals surface area contributed by atoms with Crippen LogP contribution in [0, 0.1) is 0 Å². The molecule has 1 aliphatic heterocycles. The van der Waals surface area contributed by atoms with Crippen LogP contribution >= 0.6 is 0 Å². The quantitative estimate of drug-likeness (QED) is 0.672. The number of allylic oxidation sites excluding steroid dienone is 1. The summed E-state index contributed by atoms with van der Waals surface area (Å²) in [6.07, 6.45) is 3.35. The molecule has 0 unspecified atom stereocenters. The Morgan fingerprint density at radius 1 is 1.04 bits per heavy atom. The summed E-state index contributed by atoms with van der Waals surface area (Å²) in [6.45, 7) is 0. The van der Waals surface area contributed by atoms with Gasteiger partial charge in [0.1, 0.15) is 0 Å². The van der Waals surface area contributed by atoms with Gasteiger partial charge in [-0.2, -0.15) is 0 Å². The van der Waals surface area contributed by atoms with Crippen LogP contribution in [0.25, 0.3) is 6.08 Å². The minimum absolute atomic E-state index is 0.0707. The Hall–Kier alpha value is -3.21. The second-order valence-electron chi connectivity index (χ2n) is 5.22. The standard InChI is InChI=1S/C18H13NO4/c20-16(8-3-11-1-4-12(5-2-11)18(22)23)13-6-7-15-14(9-13)10-17(21)19-15/h1-9H,10H2,(H,19,21)(H,22,23). The Morgan fingerprint density at radius 3 is 2.43 bits per heavy atom. The maximum atomic E-state index is 12.2. The number of aromatic carboxylic acids is 1. The van der Waals surface area contributed by atoms with Gasteiger partial charge in [-0.3, -0.25) is 9.59 Å². The van der Waals surface area contributed by atoms with E-state index < -0.39 is 5.97 Å². The first-order valence-corrected chi connectivity index (χ1v) is 7.01. The molecule has 1 heterocycles. The van der Waals surface area contributed by atoms with Crippen molar-refractivity contribution in [1.82, 2.24) is 0 Å². The molecule has 5 nitrogen and oxygen atoms in total. The van der Waals surface area contributed by atoms with Gasteiger partial charge < -0.3 is 10.4 Å². The lowest BCUT2D eigenvalue weighted by atomic mass is 10.0. The number of carboxylic acids is 1. The summed E-state index contributed by atoms with van der Waals surface area (Å²) in [5.74, 6) is -1.23. The van der Waals surface area contributed by atoms with E-state index in [-0.39, 0.29) is 23.7 Å². The number of hydrogen-bond acceptors (Lipinski definition) is 3. The van der Waals surface area contributed by atoms with E-state index in [1.165, 1.54) is 18.2 Å². The van der Waals surface area contributed by atoms with E-state index in [1.54, 1.807) is 36.4 Å². The van der Waals surface area contributed by atoms with Crippen molar-refractivity contribution in [3.63, 3.8) is 0 Å². The molecule has 0 aromatic heterocycles. The lowest BCUT2D eigenvalue weighted by molar-refractivity contribution is -0.115. The van der Waals surface area contributed by atoms with Crippen LogP contribution < -0.4 is 5.32 Å². The average molecular weight is 307 g/mol. The highest BCUT2D eigenvalue weighted by Gasteiger charge is 2.18. The number of rotatable bonds is 4.